The monoisotopic (exact) mass is 445 g/mol. The summed E-state index contributed by atoms with van der Waals surface area (Å²) in [6, 6.07) is 0. The van der Waals surface area contributed by atoms with E-state index in [0.29, 0.717) is 0 Å². The molecule has 0 aliphatic heterocycles. The number of halogens is 14. The van der Waals surface area contributed by atoms with E-state index >= 15 is 0 Å². The topological polar surface area (TPSA) is 57.2 Å². The molecule has 0 saturated carbocycles. The van der Waals surface area contributed by atoms with E-state index < -0.39 is 57.8 Å². The van der Waals surface area contributed by atoms with Crippen molar-refractivity contribution in [2.75, 3.05) is 0 Å². The maximum atomic E-state index is 13.0. The van der Waals surface area contributed by atoms with Crippen LogP contribution in [0.15, 0.2) is 0 Å². The molecule has 0 aliphatic carbocycles. The van der Waals surface area contributed by atoms with Crippen LogP contribution >= 0.6 is 0 Å². The van der Waals surface area contributed by atoms with E-state index in [1.165, 1.54) is 0 Å². The Balaban J connectivity index is 6.71. The van der Waals surface area contributed by atoms with Gasteiger partial charge in [-0.1, -0.05) is 0 Å². The molecule has 0 saturated heterocycles. The summed E-state index contributed by atoms with van der Waals surface area (Å²) in [5.74, 6) is -46.9. The van der Waals surface area contributed by atoms with Crippen LogP contribution in [0, 0.1) is 0 Å². The number of rotatable bonds is 7. The first kappa shape index (κ1) is 24.9. The molecule has 0 spiro atoms. The fourth-order valence-corrected chi connectivity index (χ4v) is 1.65. The van der Waals surface area contributed by atoms with Gasteiger partial charge in [-0.2, -0.15) is 61.5 Å². The van der Waals surface area contributed by atoms with Gasteiger partial charge in [0.05, 0.1) is 0 Å². The third-order valence-corrected chi connectivity index (χ3v) is 3.69. The second-order valence-electron chi connectivity index (χ2n) is 4.73. The van der Waals surface area contributed by atoms with Crippen molar-refractivity contribution in [1.29, 1.82) is 0 Å². The molecule has 0 aliphatic rings. The molecule has 0 aromatic carbocycles. The first-order valence-electron chi connectivity index (χ1n) is 5.35. The maximum absolute atomic E-state index is 13.0. The minimum absolute atomic E-state index is 1.22. The van der Waals surface area contributed by atoms with E-state index in [1.807, 2.05) is 0 Å². The maximum Gasteiger partial charge on any atom is 0.402 e. The summed E-state index contributed by atoms with van der Waals surface area (Å²) >= 11 is 0. The van der Waals surface area contributed by atoms with Gasteiger partial charge in [0.1, 0.15) is 0 Å². The fraction of sp³-hybridized carbons (Fsp3) is 1.00. The van der Waals surface area contributed by atoms with Gasteiger partial charge in [0.15, 0.2) is 10.1 Å². The molecule has 0 heterocycles. The van der Waals surface area contributed by atoms with Crippen LogP contribution in [0.3, 0.4) is 0 Å². The van der Waals surface area contributed by atoms with E-state index in [0.717, 1.165) is 0 Å². The lowest BCUT2D eigenvalue weighted by Gasteiger charge is -2.42. The van der Waals surface area contributed by atoms with E-state index in [2.05, 4.69) is 0 Å². The lowest BCUT2D eigenvalue weighted by Crippen LogP contribution is -2.73. The van der Waals surface area contributed by atoms with E-state index in [-0.39, 0.29) is 0 Å². The van der Waals surface area contributed by atoms with Gasteiger partial charge in [0.2, 0.25) is 0 Å². The molecular weight excluding hydrogens is 442 g/mol. The summed E-state index contributed by atoms with van der Waals surface area (Å²) < 4.78 is 208. The van der Waals surface area contributed by atoms with Gasteiger partial charge in [-0.15, -0.1) is 0 Å². The third-order valence-electron chi connectivity index (χ3n) is 2.81. The van der Waals surface area contributed by atoms with E-state index in [1.54, 1.807) is 0 Å². The predicted octanol–water partition coefficient (Wildman–Crippen LogP) is 3.96. The Labute approximate surface area is 133 Å². The third kappa shape index (κ3) is 2.88. The highest BCUT2D eigenvalue weighted by Gasteiger charge is 2.93. The average molecular weight is 445 g/mol. The van der Waals surface area contributed by atoms with Gasteiger partial charge in [-0.25, -0.2) is 8.42 Å². The Bertz CT molecular complexity index is 646. The highest BCUT2D eigenvalue weighted by molar-refractivity contribution is 7.86. The van der Waals surface area contributed by atoms with Crippen LogP contribution in [-0.2, 0) is 10.1 Å². The van der Waals surface area contributed by atoms with Gasteiger partial charge in [-0.05, 0) is 0 Å². The van der Waals surface area contributed by atoms with Gasteiger partial charge < -0.3 is 4.55 Å². The Hall–Kier alpha value is -1.07. The summed E-state index contributed by atoms with van der Waals surface area (Å²) in [5, 5.41) is -7.72. The molecule has 0 atom stereocenters. The summed E-state index contributed by atoms with van der Waals surface area (Å²) in [6.45, 7) is -1.22. The first-order valence-corrected chi connectivity index (χ1v) is 6.76. The molecule has 0 N–H and O–H groups in total. The van der Waals surface area contributed by atoms with Crippen molar-refractivity contribution in [2.24, 2.45) is 0 Å². The number of hydrogen-bond acceptors (Lipinski definition) is 3. The van der Waals surface area contributed by atoms with Crippen LogP contribution in [0.4, 0.5) is 61.5 Å². The molecule has 0 aromatic heterocycles. The SMILES string of the molecule is CC(F)(F)C(F)(F)C(F)(F)C(F)(F)C(F)(F)C(F)(F)C(F)(F)S(=O)(=O)[O-]. The summed E-state index contributed by atoms with van der Waals surface area (Å²) in [6.07, 6.45) is 0. The van der Waals surface area contributed by atoms with Crippen molar-refractivity contribution in [3.05, 3.63) is 0 Å². The van der Waals surface area contributed by atoms with Crippen molar-refractivity contribution in [2.45, 2.75) is 47.7 Å². The fourth-order valence-electron chi connectivity index (χ4n) is 1.21. The molecule has 0 bridgehead atoms. The van der Waals surface area contributed by atoms with Crippen LogP contribution in [0.25, 0.3) is 0 Å². The van der Waals surface area contributed by atoms with Crippen LogP contribution in [0.1, 0.15) is 6.92 Å². The minimum atomic E-state index is -8.42. The molecule has 0 radical (unpaired) electrons. The second-order valence-corrected chi connectivity index (χ2v) is 6.15. The van der Waals surface area contributed by atoms with Gasteiger partial charge in [-0.3, -0.25) is 0 Å². The smallest absolute Gasteiger partial charge is 0.402 e. The Kier molecular flexibility index (Phi) is 5.48. The Morgan fingerprint density at radius 3 is 1.00 bits per heavy atom. The van der Waals surface area contributed by atoms with Gasteiger partial charge in [0.25, 0.3) is 0 Å². The van der Waals surface area contributed by atoms with Gasteiger partial charge in [0, 0.05) is 6.92 Å². The zero-order valence-electron chi connectivity index (χ0n) is 11.4. The molecule has 18 heteroatoms. The zero-order chi connectivity index (χ0) is 22.0. The lowest BCUT2D eigenvalue weighted by molar-refractivity contribution is -0.434. The van der Waals surface area contributed by atoms with Crippen LogP contribution in [0.5, 0.6) is 0 Å². The molecule has 0 rings (SSSR count). The van der Waals surface area contributed by atoms with Crippen molar-refractivity contribution in [3.8, 4) is 0 Å². The zero-order valence-corrected chi connectivity index (χ0v) is 12.2. The largest absolute Gasteiger partial charge is 0.743 e. The highest BCUT2D eigenvalue weighted by Crippen LogP contribution is 2.62. The molecule has 0 unspecified atom stereocenters. The lowest BCUT2D eigenvalue weighted by atomic mass is 9.92. The van der Waals surface area contributed by atoms with Crippen molar-refractivity contribution in [3.63, 3.8) is 0 Å². The molecule has 0 fully saturated rings. The molecule has 0 aromatic rings. The quantitative estimate of drug-likeness (QED) is 0.441. The summed E-state index contributed by atoms with van der Waals surface area (Å²) in [5.41, 5.74) is 0. The summed E-state index contributed by atoms with van der Waals surface area (Å²) in [7, 11) is -7.94. The predicted molar refractivity (Wildman–Crippen MR) is 50.0 cm³/mol. The first-order chi connectivity index (χ1) is 10.8. The standard InChI is InChI=1S/C8H4F14O3S/c1-2(9,10)3(11,12)4(13,14)5(15,16)6(17,18)7(19,20)8(21,22)26(23,24)25/h1H3,(H,23,24,25)/p-1. The molecule has 0 amide bonds. The van der Waals surface area contributed by atoms with Gasteiger partial charge >= 0.3 is 40.8 Å². The molecule has 26 heavy (non-hydrogen) atoms. The number of hydrogen-bond donors (Lipinski definition) is 0. The summed E-state index contributed by atoms with van der Waals surface area (Å²) in [4.78, 5) is 0. The molecule has 158 valence electrons. The normalized spacial score (nSPS) is 16.8. The van der Waals surface area contributed by atoms with Crippen molar-refractivity contribution in [1.82, 2.24) is 0 Å². The van der Waals surface area contributed by atoms with Crippen molar-refractivity contribution >= 4 is 10.1 Å². The number of alkyl halides is 14. The van der Waals surface area contributed by atoms with Crippen molar-refractivity contribution < 1.29 is 74.4 Å². The minimum Gasteiger partial charge on any atom is -0.743 e. The van der Waals surface area contributed by atoms with Crippen LogP contribution in [0.2, 0.25) is 0 Å². The second kappa shape index (κ2) is 5.71. The highest BCUT2D eigenvalue weighted by atomic mass is 32.2. The average Bonchev–Trinajstić information content (AvgIpc) is 2.34. The molecular formula is C8H3F14O3S-. The Morgan fingerprint density at radius 1 is 0.538 bits per heavy atom. The Morgan fingerprint density at radius 2 is 0.769 bits per heavy atom. The van der Waals surface area contributed by atoms with E-state index in [9.17, 15) is 74.4 Å². The van der Waals surface area contributed by atoms with Crippen LogP contribution in [-0.4, -0.2) is 53.8 Å². The van der Waals surface area contributed by atoms with E-state index in [4.69, 9.17) is 0 Å². The van der Waals surface area contributed by atoms with Crippen LogP contribution < -0.4 is 0 Å². The molecule has 3 nitrogen and oxygen atoms in total.